The van der Waals surface area contributed by atoms with Gasteiger partial charge in [-0.1, -0.05) is 145 Å². The molecule has 16 aromatic rings. The molecule has 18 rings (SSSR count). The fourth-order valence-corrected chi connectivity index (χ4v) is 17.0. The third-order valence-electron chi connectivity index (χ3n) is 17.9. The second-order valence-electron chi connectivity index (χ2n) is 22.4. The van der Waals surface area contributed by atoms with Gasteiger partial charge in [0.25, 0.3) is 6.71 Å². The third-order valence-corrected chi connectivity index (χ3v) is 20.2. The summed E-state index contributed by atoms with van der Waals surface area (Å²) in [4.78, 5) is 9.37. The van der Waals surface area contributed by atoms with Crippen LogP contribution in [0.5, 0.6) is 0 Å². The summed E-state index contributed by atoms with van der Waals surface area (Å²) in [5.41, 5.74) is 21.3. The van der Waals surface area contributed by atoms with Crippen LogP contribution in [-0.2, 0) is 0 Å². The molecule has 0 bridgehead atoms. The van der Waals surface area contributed by atoms with Crippen molar-refractivity contribution in [2.45, 2.75) is 9.79 Å². The molecule has 0 N–H and O–H groups in total. The predicted octanol–water partition coefficient (Wildman–Crippen LogP) is 17.6. The normalized spacial score (nSPS) is 12.8. The number of hydrogen-bond donors (Lipinski definition) is 0. The van der Waals surface area contributed by atoms with Crippen LogP contribution in [0.4, 0.5) is 17.1 Å². The van der Waals surface area contributed by atoms with Crippen LogP contribution in [0.25, 0.3) is 114 Å². The summed E-state index contributed by atoms with van der Waals surface area (Å²) in [6.45, 7) is -0.194. The highest BCUT2D eigenvalue weighted by Gasteiger charge is 2.44. The SMILES string of the molecule is C/N=C/c1ccc2c(c1)c1cc(C#N)ccc1n2-c1ccc2c(c1)N(c1ccccc1-c1ccccc1)c1cc(-n3c4ccccc4c4ccccc43)cc3c1B2c1c(cc(-n2c4ccccc4c4cc(C#N)ccc42)c2c1sc1ccccc12)S3. The van der Waals surface area contributed by atoms with Gasteiger partial charge in [-0.3, -0.25) is 4.99 Å². The molecule has 398 valence electrons. The number of rotatable bonds is 6. The number of para-hydroxylation sites is 4. The van der Waals surface area contributed by atoms with E-state index >= 15 is 0 Å². The van der Waals surface area contributed by atoms with Gasteiger partial charge in [-0.25, -0.2) is 0 Å². The van der Waals surface area contributed by atoms with E-state index in [1.54, 1.807) is 7.05 Å². The molecule has 0 radical (unpaired) electrons. The summed E-state index contributed by atoms with van der Waals surface area (Å²) in [5.74, 6) is 0. The molecule has 0 aliphatic carbocycles. The quantitative estimate of drug-likeness (QED) is 0.123. The van der Waals surface area contributed by atoms with Gasteiger partial charge in [-0.05, 0) is 137 Å². The van der Waals surface area contributed by atoms with Gasteiger partial charge in [-0.15, -0.1) is 11.3 Å². The summed E-state index contributed by atoms with van der Waals surface area (Å²) < 4.78 is 9.79. The van der Waals surface area contributed by atoms with Crippen molar-refractivity contribution in [3.8, 4) is 40.3 Å². The standard InChI is InChI=1S/C76H44BN7S2/c1-80-44-47-29-34-65-58(37-47)57-36-46(43-79)27-32-64(57)81(65)49-30-31-59-67(38-49)84(60-22-10-5-17-51(60)48-15-3-2-4-16-48)69-39-50(82-61-23-11-6-18-52(61)53-19-7-12-24-62(53)82)40-71-74(69)77(59)75-72(85-71)41-68(73-55-21-9-14-26-70(55)86-76(73)75)83-63-25-13-8-20-54(63)56-35-45(42-78)28-33-66(56)83/h2-41,44H,1H3/b80-44+. The molecule has 2 aliphatic heterocycles. The van der Waals surface area contributed by atoms with Crippen LogP contribution in [0.3, 0.4) is 0 Å². The highest BCUT2D eigenvalue weighted by molar-refractivity contribution is 8.00. The molecule has 0 amide bonds. The first kappa shape index (κ1) is 48.6. The van der Waals surface area contributed by atoms with E-state index in [-0.39, 0.29) is 6.71 Å². The minimum absolute atomic E-state index is 0.194. The van der Waals surface area contributed by atoms with Crippen molar-refractivity contribution in [3.05, 3.63) is 259 Å². The van der Waals surface area contributed by atoms with Crippen molar-refractivity contribution < 1.29 is 0 Å². The molecule has 0 spiro atoms. The Bertz CT molecular complexity index is 5720. The zero-order chi connectivity index (χ0) is 56.9. The van der Waals surface area contributed by atoms with E-state index < -0.39 is 0 Å². The lowest BCUT2D eigenvalue weighted by atomic mass is 9.34. The van der Waals surface area contributed by atoms with E-state index in [1.807, 2.05) is 47.5 Å². The van der Waals surface area contributed by atoms with E-state index in [0.717, 1.165) is 105 Å². The Balaban J connectivity index is 0.991. The van der Waals surface area contributed by atoms with E-state index in [2.05, 4.69) is 260 Å². The molecule has 4 aromatic heterocycles. The maximum atomic E-state index is 10.3. The number of anilines is 3. The van der Waals surface area contributed by atoms with Crippen molar-refractivity contribution in [1.29, 1.82) is 10.5 Å². The van der Waals surface area contributed by atoms with E-state index in [0.29, 0.717) is 11.1 Å². The molecule has 86 heavy (non-hydrogen) atoms. The van der Waals surface area contributed by atoms with Crippen molar-refractivity contribution in [2.24, 2.45) is 4.99 Å². The summed E-state index contributed by atoms with van der Waals surface area (Å²) in [6, 6.07) is 93.0. The number of benzene rings is 12. The number of hydrogen-bond acceptors (Lipinski definition) is 6. The largest absolute Gasteiger partial charge is 0.311 e. The fraction of sp³-hybridized carbons (Fsp3) is 0.0132. The fourth-order valence-electron chi connectivity index (χ4n) is 14.4. The Morgan fingerprint density at radius 3 is 1.71 bits per heavy atom. The summed E-state index contributed by atoms with van der Waals surface area (Å²) in [5, 5.41) is 29.6. The van der Waals surface area contributed by atoms with Crippen LogP contribution in [0.2, 0.25) is 0 Å². The van der Waals surface area contributed by atoms with Gasteiger partial charge in [0.1, 0.15) is 0 Å². The van der Waals surface area contributed by atoms with Crippen LogP contribution in [0.1, 0.15) is 16.7 Å². The average Bonchev–Trinajstić information content (AvgIpc) is 1.11. The van der Waals surface area contributed by atoms with Crippen molar-refractivity contribution in [3.63, 3.8) is 0 Å². The Hall–Kier alpha value is -10.9. The van der Waals surface area contributed by atoms with Crippen LogP contribution in [-0.4, -0.2) is 33.7 Å². The number of nitrogens with zero attached hydrogens (tertiary/aromatic N) is 7. The molecule has 2 aliphatic rings. The Labute approximate surface area is 502 Å². The topological polar surface area (TPSA) is 78.0 Å². The minimum atomic E-state index is -0.194. The first-order valence-corrected chi connectivity index (χ1v) is 30.4. The second kappa shape index (κ2) is 18.6. The van der Waals surface area contributed by atoms with Gasteiger partial charge in [0.2, 0.25) is 0 Å². The maximum absolute atomic E-state index is 10.3. The van der Waals surface area contributed by atoms with Crippen molar-refractivity contribution in [2.75, 3.05) is 11.9 Å². The molecule has 12 aromatic carbocycles. The van der Waals surface area contributed by atoms with Crippen LogP contribution in [0, 0.1) is 22.7 Å². The van der Waals surface area contributed by atoms with E-state index in [4.69, 9.17) is 0 Å². The lowest BCUT2D eigenvalue weighted by Gasteiger charge is -2.41. The number of aliphatic imine (C=N–C) groups is 1. The molecular weight excluding hydrogens is 1090 g/mol. The Morgan fingerprint density at radius 2 is 0.988 bits per heavy atom. The summed E-state index contributed by atoms with van der Waals surface area (Å²) >= 11 is 3.77. The monoisotopic (exact) mass is 1130 g/mol. The van der Waals surface area contributed by atoms with Crippen molar-refractivity contribution >= 4 is 155 Å². The molecule has 0 saturated carbocycles. The lowest BCUT2D eigenvalue weighted by Crippen LogP contribution is -2.60. The second-order valence-corrected chi connectivity index (χ2v) is 24.5. The van der Waals surface area contributed by atoms with Crippen LogP contribution in [0.15, 0.2) is 257 Å². The van der Waals surface area contributed by atoms with Gasteiger partial charge in [0, 0.05) is 104 Å². The van der Waals surface area contributed by atoms with Crippen LogP contribution >= 0.6 is 23.1 Å². The third kappa shape index (κ3) is 6.88. The number of aromatic nitrogens is 3. The van der Waals surface area contributed by atoms with E-state index in [1.165, 1.54) is 57.1 Å². The highest BCUT2D eigenvalue weighted by Crippen LogP contribution is 2.51. The number of thiophene rings is 1. The molecule has 0 unspecified atom stereocenters. The highest BCUT2D eigenvalue weighted by atomic mass is 32.2. The summed E-state index contributed by atoms with van der Waals surface area (Å²) in [7, 11) is 1.80. The van der Waals surface area contributed by atoms with Gasteiger partial charge in [-0.2, -0.15) is 10.5 Å². The molecule has 0 saturated heterocycles. The molecule has 7 nitrogen and oxygen atoms in total. The van der Waals surface area contributed by atoms with Gasteiger partial charge in [0.05, 0.1) is 67.7 Å². The van der Waals surface area contributed by atoms with E-state index in [9.17, 15) is 10.5 Å². The molecule has 10 heteroatoms. The average molecular weight is 1130 g/mol. The first-order chi connectivity index (χ1) is 42.5. The molecular formula is C76H44BN7S2. The summed E-state index contributed by atoms with van der Waals surface area (Å²) in [6.07, 6.45) is 1.89. The minimum Gasteiger partial charge on any atom is -0.311 e. The molecule has 6 heterocycles. The number of nitriles is 2. The zero-order valence-electron chi connectivity index (χ0n) is 46.2. The van der Waals surface area contributed by atoms with Gasteiger partial charge in [0.15, 0.2) is 0 Å². The molecule has 0 atom stereocenters. The maximum Gasteiger partial charge on any atom is 0.251 e. The van der Waals surface area contributed by atoms with Crippen molar-refractivity contribution in [1.82, 2.24) is 13.7 Å². The Morgan fingerprint density at radius 1 is 0.430 bits per heavy atom. The number of fused-ring (bicyclic) bond motifs is 17. The first-order valence-electron chi connectivity index (χ1n) is 28.8. The predicted molar refractivity (Wildman–Crippen MR) is 361 cm³/mol. The lowest BCUT2D eigenvalue weighted by molar-refractivity contribution is 1.15. The van der Waals surface area contributed by atoms with Gasteiger partial charge < -0.3 is 18.6 Å². The molecule has 0 fully saturated rings. The zero-order valence-corrected chi connectivity index (χ0v) is 47.8. The van der Waals surface area contributed by atoms with Crippen LogP contribution < -0.4 is 21.3 Å². The smallest absolute Gasteiger partial charge is 0.251 e. The van der Waals surface area contributed by atoms with Gasteiger partial charge >= 0.3 is 0 Å². The Kier molecular flexibility index (Phi) is 10.5.